The number of carbonyl (C=O) groups is 1. The molecule has 0 aliphatic heterocycles. The Hall–Kier alpha value is -1.19. The number of halogens is 2. The molecule has 26 heavy (non-hydrogen) atoms. The number of sulfone groups is 1. The molecule has 138 valence electrons. The Labute approximate surface area is 168 Å². The molecule has 5 nitrogen and oxygen atoms in total. The standard InChI is InChI=1S/C16H14Cl2N2O3S3/c1-3-6-20-11-5-4-9(26(2,22)23)7-12(11)24-16(20)19-15(21)10-8-13(17)25-14(10)18/h4-5,7-8H,3,6H2,1-2H3. The molecule has 0 radical (unpaired) electrons. The topological polar surface area (TPSA) is 68.5 Å². The molecule has 0 atom stereocenters. The van der Waals surface area contributed by atoms with Gasteiger partial charge in [-0.2, -0.15) is 4.99 Å². The van der Waals surface area contributed by atoms with Crippen molar-refractivity contribution in [1.82, 2.24) is 4.57 Å². The highest BCUT2D eigenvalue weighted by Gasteiger charge is 2.16. The zero-order valence-electron chi connectivity index (χ0n) is 13.8. The second kappa shape index (κ2) is 7.44. The van der Waals surface area contributed by atoms with Crippen LogP contribution in [0.3, 0.4) is 0 Å². The summed E-state index contributed by atoms with van der Waals surface area (Å²) in [5, 5.41) is 0. The second-order valence-electron chi connectivity index (χ2n) is 5.59. The third kappa shape index (κ3) is 3.89. The Morgan fingerprint density at radius 1 is 1.23 bits per heavy atom. The van der Waals surface area contributed by atoms with Crippen LogP contribution in [0.25, 0.3) is 10.2 Å². The minimum Gasteiger partial charge on any atom is -0.316 e. The number of nitrogens with zero attached hydrogens (tertiary/aromatic N) is 2. The summed E-state index contributed by atoms with van der Waals surface area (Å²) < 4.78 is 27.0. The van der Waals surface area contributed by atoms with Crippen molar-refractivity contribution in [2.45, 2.75) is 24.8 Å². The van der Waals surface area contributed by atoms with E-state index in [0.717, 1.165) is 28.0 Å². The van der Waals surface area contributed by atoms with Crippen LogP contribution in [0.2, 0.25) is 8.67 Å². The maximum atomic E-state index is 12.5. The van der Waals surface area contributed by atoms with Gasteiger partial charge in [-0.15, -0.1) is 11.3 Å². The highest BCUT2D eigenvalue weighted by atomic mass is 35.5. The summed E-state index contributed by atoms with van der Waals surface area (Å²) in [6.07, 6.45) is 2.01. The second-order valence-corrected chi connectivity index (χ2v) is 10.9. The number of thiophene rings is 1. The summed E-state index contributed by atoms with van der Waals surface area (Å²) in [4.78, 5) is 17.4. The highest BCUT2D eigenvalue weighted by Crippen LogP contribution is 2.31. The van der Waals surface area contributed by atoms with Gasteiger partial charge in [0.05, 0.1) is 25.0 Å². The van der Waals surface area contributed by atoms with Gasteiger partial charge in [-0.3, -0.25) is 4.79 Å². The lowest BCUT2D eigenvalue weighted by atomic mass is 10.3. The maximum Gasteiger partial charge on any atom is 0.282 e. The average molecular weight is 449 g/mol. The average Bonchev–Trinajstić information content (AvgIpc) is 3.06. The Morgan fingerprint density at radius 2 is 1.96 bits per heavy atom. The molecule has 10 heteroatoms. The Balaban J connectivity index is 2.19. The van der Waals surface area contributed by atoms with E-state index in [2.05, 4.69) is 4.99 Å². The van der Waals surface area contributed by atoms with Crippen LogP contribution in [0.5, 0.6) is 0 Å². The van der Waals surface area contributed by atoms with E-state index in [0.29, 0.717) is 20.0 Å². The normalized spacial score (nSPS) is 12.8. The molecule has 0 saturated carbocycles. The number of amides is 1. The number of carbonyl (C=O) groups excluding carboxylic acids is 1. The van der Waals surface area contributed by atoms with E-state index >= 15 is 0 Å². The first-order valence-corrected chi connectivity index (χ1v) is 11.9. The van der Waals surface area contributed by atoms with Gasteiger partial charge >= 0.3 is 0 Å². The van der Waals surface area contributed by atoms with Gasteiger partial charge in [0, 0.05) is 12.8 Å². The summed E-state index contributed by atoms with van der Waals surface area (Å²) in [5.74, 6) is -0.474. The van der Waals surface area contributed by atoms with Crippen LogP contribution < -0.4 is 4.80 Å². The smallest absolute Gasteiger partial charge is 0.282 e. The lowest BCUT2D eigenvalue weighted by molar-refractivity contribution is 0.0998. The van der Waals surface area contributed by atoms with Gasteiger partial charge in [-0.1, -0.05) is 41.5 Å². The van der Waals surface area contributed by atoms with E-state index in [4.69, 9.17) is 23.2 Å². The molecule has 0 N–H and O–H groups in total. The Morgan fingerprint density at radius 3 is 2.54 bits per heavy atom. The molecule has 2 heterocycles. The van der Waals surface area contributed by atoms with E-state index in [9.17, 15) is 13.2 Å². The molecule has 0 bridgehead atoms. The van der Waals surface area contributed by atoms with Gasteiger partial charge in [-0.25, -0.2) is 8.42 Å². The first kappa shape index (κ1) is 19.6. The third-order valence-corrected chi connectivity index (χ3v) is 7.25. The van der Waals surface area contributed by atoms with Gasteiger partial charge in [0.15, 0.2) is 14.6 Å². The molecule has 2 aromatic heterocycles. The number of aromatic nitrogens is 1. The van der Waals surface area contributed by atoms with Crippen LogP contribution in [0.15, 0.2) is 34.2 Å². The molecule has 0 spiro atoms. The summed E-state index contributed by atoms with van der Waals surface area (Å²) in [6, 6.07) is 6.42. The molecule has 0 unspecified atom stereocenters. The molecule has 1 aromatic carbocycles. The fourth-order valence-electron chi connectivity index (χ4n) is 2.44. The van der Waals surface area contributed by atoms with Crippen LogP contribution in [-0.2, 0) is 16.4 Å². The quantitative estimate of drug-likeness (QED) is 0.584. The number of hydrogen-bond donors (Lipinski definition) is 0. The van der Waals surface area contributed by atoms with Gasteiger partial charge < -0.3 is 4.57 Å². The van der Waals surface area contributed by atoms with E-state index in [1.165, 1.54) is 23.7 Å². The van der Waals surface area contributed by atoms with Gasteiger partial charge in [-0.05, 0) is 30.7 Å². The van der Waals surface area contributed by atoms with E-state index in [-0.39, 0.29) is 10.5 Å². The van der Waals surface area contributed by atoms with Crippen molar-refractivity contribution in [3.05, 3.63) is 43.3 Å². The van der Waals surface area contributed by atoms with Crippen LogP contribution in [0.4, 0.5) is 0 Å². The molecule has 0 saturated heterocycles. The van der Waals surface area contributed by atoms with Gasteiger partial charge in [0.1, 0.15) is 4.34 Å². The fraction of sp³-hybridized carbons (Fsp3) is 0.250. The van der Waals surface area contributed by atoms with E-state index < -0.39 is 15.7 Å². The minimum absolute atomic E-state index is 0.237. The molecule has 1 amide bonds. The lowest BCUT2D eigenvalue weighted by Gasteiger charge is -2.03. The summed E-state index contributed by atoms with van der Waals surface area (Å²) >= 11 is 14.3. The monoisotopic (exact) mass is 448 g/mol. The highest BCUT2D eigenvalue weighted by molar-refractivity contribution is 7.90. The van der Waals surface area contributed by atoms with Crippen LogP contribution >= 0.6 is 45.9 Å². The van der Waals surface area contributed by atoms with Crippen molar-refractivity contribution >= 4 is 71.8 Å². The Kier molecular flexibility index (Phi) is 5.60. The third-order valence-electron chi connectivity index (χ3n) is 3.61. The molecule has 0 aliphatic rings. The summed E-state index contributed by atoms with van der Waals surface area (Å²) in [5.41, 5.74) is 1.10. The number of benzene rings is 1. The molecule has 0 fully saturated rings. The van der Waals surface area contributed by atoms with Crippen molar-refractivity contribution in [3.8, 4) is 0 Å². The molecule has 0 aliphatic carbocycles. The number of fused-ring (bicyclic) bond motifs is 1. The number of thiazole rings is 1. The Bertz CT molecular complexity index is 1170. The van der Waals surface area contributed by atoms with Crippen LogP contribution in [0, 0.1) is 0 Å². The first-order valence-electron chi connectivity index (χ1n) is 7.58. The predicted molar refractivity (Wildman–Crippen MR) is 107 cm³/mol. The van der Waals surface area contributed by atoms with Gasteiger partial charge in [0.2, 0.25) is 0 Å². The number of rotatable bonds is 4. The zero-order chi connectivity index (χ0) is 19.1. The van der Waals surface area contributed by atoms with Crippen LogP contribution in [0.1, 0.15) is 23.7 Å². The number of aryl methyl sites for hydroxylation is 1. The molecule has 3 rings (SSSR count). The summed E-state index contributed by atoms with van der Waals surface area (Å²) in [6.45, 7) is 2.67. The fourth-order valence-corrected chi connectivity index (χ4v) is 5.71. The van der Waals surface area contributed by atoms with E-state index in [1.807, 2.05) is 11.5 Å². The van der Waals surface area contributed by atoms with Crippen molar-refractivity contribution in [2.75, 3.05) is 6.26 Å². The minimum atomic E-state index is -3.31. The van der Waals surface area contributed by atoms with E-state index in [1.54, 1.807) is 18.2 Å². The molecular formula is C16H14Cl2N2O3S3. The van der Waals surface area contributed by atoms with Gasteiger partial charge in [0.25, 0.3) is 5.91 Å². The zero-order valence-corrected chi connectivity index (χ0v) is 17.8. The molecule has 3 aromatic rings. The van der Waals surface area contributed by atoms with Crippen LogP contribution in [-0.4, -0.2) is 25.1 Å². The maximum absolute atomic E-state index is 12.5. The van der Waals surface area contributed by atoms with Crippen molar-refractivity contribution in [3.63, 3.8) is 0 Å². The lowest BCUT2D eigenvalue weighted by Crippen LogP contribution is -2.16. The number of hydrogen-bond acceptors (Lipinski definition) is 5. The molecular weight excluding hydrogens is 435 g/mol. The van der Waals surface area contributed by atoms with Crippen molar-refractivity contribution in [2.24, 2.45) is 4.99 Å². The first-order chi connectivity index (χ1) is 12.2. The van der Waals surface area contributed by atoms with Crippen molar-refractivity contribution < 1.29 is 13.2 Å². The predicted octanol–water partition coefficient (Wildman–Crippen LogP) is 4.63. The SMILES string of the molecule is CCCn1c(=NC(=O)c2cc(Cl)sc2Cl)sc2cc(S(C)(=O)=O)ccc21. The van der Waals surface area contributed by atoms with Crippen molar-refractivity contribution in [1.29, 1.82) is 0 Å². The summed E-state index contributed by atoms with van der Waals surface area (Å²) in [7, 11) is -3.31. The largest absolute Gasteiger partial charge is 0.316 e.